The van der Waals surface area contributed by atoms with Crippen LogP contribution in [0.5, 0.6) is 0 Å². The maximum atomic E-state index is 14.4. The highest BCUT2D eigenvalue weighted by Crippen LogP contribution is 2.30. The van der Waals surface area contributed by atoms with Crippen LogP contribution < -0.4 is 9.80 Å². The lowest BCUT2D eigenvalue weighted by Crippen LogP contribution is -2.47. The van der Waals surface area contributed by atoms with Crippen LogP contribution in [0.3, 0.4) is 0 Å². The highest BCUT2D eigenvalue weighted by molar-refractivity contribution is 7.06. The second kappa shape index (κ2) is 6.40. The summed E-state index contributed by atoms with van der Waals surface area (Å²) < 4.78 is 18.8. The van der Waals surface area contributed by atoms with Crippen LogP contribution in [0.4, 0.5) is 15.8 Å². The standard InChI is InChI=1S/C16H18FN7S/c1-10-15(11(2)25-20-10)24-7-5-23(6-8-24)14-9-12(3-4-13(14)17)16-18-21-22-19-16/h3-4,9H,5-8H2,1-2H3,(H,18,19,21,22). The molecule has 7 nitrogen and oxygen atoms in total. The van der Waals surface area contributed by atoms with E-state index in [1.165, 1.54) is 28.2 Å². The van der Waals surface area contributed by atoms with Gasteiger partial charge in [0.15, 0.2) is 0 Å². The molecule has 0 atom stereocenters. The van der Waals surface area contributed by atoms with Gasteiger partial charge in [0.25, 0.3) is 0 Å². The van der Waals surface area contributed by atoms with Gasteiger partial charge in [0.1, 0.15) is 5.82 Å². The third kappa shape index (κ3) is 2.95. The fraction of sp³-hybridized carbons (Fsp3) is 0.375. The highest BCUT2D eigenvalue weighted by atomic mass is 32.1. The zero-order chi connectivity index (χ0) is 17.4. The van der Waals surface area contributed by atoms with Gasteiger partial charge in [0, 0.05) is 36.6 Å². The van der Waals surface area contributed by atoms with Crippen molar-refractivity contribution >= 4 is 22.9 Å². The van der Waals surface area contributed by atoms with Crippen LogP contribution in [-0.2, 0) is 0 Å². The Balaban J connectivity index is 1.54. The third-order valence-corrected chi connectivity index (χ3v) is 5.31. The first-order valence-electron chi connectivity index (χ1n) is 8.09. The minimum atomic E-state index is -0.231. The first-order chi connectivity index (χ1) is 12.1. The smallest absolute Gasteiger partial charge is 0.204 e. The molecule has 1 aliphatic heterocycles. The Kier molecular flexibility index (Phi) is 4.08. The van der Waals surface area contributed by atoms with Gasteiger partial charge in [-0.05, 0) is 48.8 Å². The summed E-state index contributed by atoms with van der Waals surface area (Å²) >= 11 is 1.54. The van der Waals surface area contributed by atoms with Crippen LogP contribution in [0.15, 0.2) is 18.2 Å². The molecule has 1 aliphatic rings. The van der Waals surface area contributed by atoms with Crippen molar-refractivity contribution in [1.82, 2.24) is 25.0 Å². The Morgan fingerprint density at radius 3 is 2.52 bits per heavy atom. The van der Waals surface area contributed by atoms with Crippen LogP contribution >= 0.6 is 11.5 Å². The monoisotopic (exact) mass is 359 g/mol. The highest BCUT2D eigenvalue weighted by Gasteiger charge is 2.23. The number of halogens is 1. The molecule has 2 aromatic heterocycles. The molecule has 4 rings (SSSR count). The molecule has 0 bridgehead atoms. The number of aromatic nitrogens is 5. The number of piperazine rings is 1. The molecular formula is C16H18FN7S. The maximum Gasteiger partial charge on any atom is 0.204 e. The van der Waals surface area contributed by atoms with Gasteiger partial charge < -0.3 is 9.80 Å². The summed E-state index contributed by atoms with van der Waals surface area (Å²) in [7, 11) is 0. The average Bonchev–Trinajstić information content (AvgIpc) is 3.26. The molecule has 1 aromatic carbocycles. The Bertz CT molecular complexity index is 849. The molecule has 1 fully saturated rings. The van der Waals surface area contributed by atoms with E-state index in [0.717, 1.165) is 37.4 Å². The molecule has 130 valence electrons. The molecule has 3 heterocycles. The van der Waals surface area contributed by atoms with Gasteiger partial charge in [-0.2, -0.15) is 9.59 Å². The third-order valence-electron chi connectivity index (χ3n) is 4.48. The number of anilines is 2. The van der Waals surface area contributed by atoms with Crippen molar-refractivity contribution < 1.29 is 4.39 Å². The van der Waals surface area contributed by atoms with Gasteiger partial charge in [-0.15, -0.1) is 10.2 Å². The fourth-order valence-corrected chi connectivity index (χ4v) is 4.00. The van der Waals surface area contributed by atoms with Crippen LogP contribution in [0.1, 0.15) is 10.6 Å². The molecule has 0 aliphatic carbocycles. The van der Waals surface area contributed by atoms with Gasteiger partial charge in [-0.1, -0.05) is 0 Å². The van der Waals surface area contributed by atoms with Gasteiger partial charge >= 0.3 is 0 Å². The molecule has 9 heteroatoms. The number of nitrogens with zero attached hydrogens (tertiary/aromatic N) is 6. The molecule has 0 radical (unpaired) electrons. The minimum Gasteiger partial charge on any atom is -0.366 e. The second-order valence-corrected chi connectivity index (χ2v) is 7.03. The number of aromatic amines is 1. The molecule has 1 saturated heterocycles. The summed E-state index contributed by atoms with van der Waals surface area (Å²) in [6.07, 6.45) is 0. The van der Waals surface area contributed by atoms with Crippen molar-refractivity contribution in [3.63, 3.8) is 0 Å². The number of hydrogen-bond acceptors (Lipinski definition) is 7. The van der Waals surface area contributed by atoms with E-state index < -0.39 is 0 Å². The van der Waals surface area contributed by atoms with Crippen LogP contribution in [0.2, 0.25) is 0 Å². The normalized spacial score (nSPS) is 15.0. The number of benzene rings is 1. The largest absolute Gasteiger partial charge is 0.366 e. The zero-order valence-electron chi connectivity index (χ0n) is 14.0. The summed E-state index contributed by atoms with van der Waals surface area (Å²) in [5, 5.41) is 13.9. The minimum absolute atomic E-state index is 0.231. The van der Waals surface area contributed by atoms with E-state index in [-0.39, 0.29) is 5.82 Å². The average molecular weight is 359 g/mol. The van der Waals surface area contributed by atoms with E-state index in [4.69, 9.17) is 0 Å². The molecule has 3 aromatic rings. The number of aryl methyl sites for hydroxylation is 2. The Morgan fingerprint density at radius 1 is 1.12 bits per heavy atom. The van der Waals surface area contributed by atoms with Crippen molar-refractivity contribution in [2.45, 2.75) is 13.8 Å². The summed E-state index contributed by atoms with van der Waals surface area (Å²) in [4.78, 5) is 5.64. The van der Waals surface area contributed by atoms with E-state index in [9.17, 15) is 4.39 Å². The molecule has 0 spiro atoms. The Labute approximate surface area is 148 Å². The predicted octanol–water partition coefficient (Wildman–Crippen LogP) is 2.41. The molecule has 0 saturated carbocycles. The summed E-state index contributed by atoms with van der Waals surface area (Å²) in [6.45, 7) is 7.32. The number of hydrogen-bond donors (Lipinski definition) is 1. The quantitative estimate of drug-likeness (QED) is 0.774. The first-order valence-corrected chi connectivity index (χ1v) is 8.87. The fourth-order valence-electron chi connectivity index (χ4n) is 3.28. The van der Waals surface area contributed by atoms with Crippen molar-refractivity contribution in [2.24, 2.45) is 0 Å². The lowest BCUT2D eigenvalue weighted by molar-refractivity contribution is 0.597. The van der Waals surface area contributed by atoms with Crippen molar-refractivity contribution in [1.29, 1.82) is 0 Å². The zero-order valence-corrected chi connectivity index (χ0v) is 14.8. The molecular weight excluding hydrogens is 341 g/mol. The van der Waals surface area contributed by atoms with Gasteiger partial charge in [-0.3, -0.25) is 0 Å². The summed E-state index contributed by atoms with van der Waals surface area (Å²) in [6, 6.07) is 4.92. The van der Waals surface area contributed by atoms with Crippen LogP contribution in [0, 0.1) is 19.7 Å². The number of tetrazole rings is 1. The second-order valence-electron chi connectivity index (χ2n) is 6.05. The van der Waals surface area contributed by atoms with E-state index in [2.05, 4.69) is 41.7 Å². The van der Waals surface area contributed by atoms with Gasteiger partial charge in [0.05, 0.1) is 17.1 Å². The Morgan fingerprint density at radius 2 is 1.88 bits per heavy atom. The molecule has 25 heavy (non-hydrogen) atoms. The number of H-pyrrole nitrogens is 1. The topological polar surface area (TPSA) is 73.8 Å². The van der Waals surface area contributed by atoms with Gasteiger partial charge in [0.2, 0.25) is 5.82 Å². The lowest BCUT2D eigenvalue weighted by Gasteiger charge is -2.37. The van der Waals surface area contributed by atoms with Crippen LogP contribution in [0.25, 0.3) is 11.4 Å². The summed E-state index contributed by atoms with van der Waals surface area (Å²) in [5.41, 5.74) is 3.63. The first kappa shape index (κ1) is 15.9. The van der Waals surface area contributed by atoms with Crippen molar-refractivity contribution in [2.75, 3.05) is 36.0 Å². The summed E-state index contributed by atoms with van der Waals surface area (Å²) in [5.74, 6) is 0.237. The number of nitrogens with one attached hydrogen (secondary N) is 1. The predicted molar refractivity (Wildman–Crippen MR) is 95.6 cm³/mol. The maximum absolute atomic E-state index is 14.4. The molecule has 0 amide bonds. The van der Waals surface area contributed by atoms with E-state index >= 15 is 0 Å². The van der Waals surface area contributed by atoms with E-state index in [1.54, 1.807) is 12.1 Å². The Hall–Kier alpha value is -2.55. The molecule has 1 N–H and O–H groups in total. The number of rotatable bonds is 3. The SMILES string of the molecule is Cc1nsc(C)c1N1CCN(c2cc(-c3nn[nH]n3)ccc2F)CC1. The van der Waals surface area contributed by atoms with Gasteiger partial charge in [-0.25, -0.2) is 4.39 Å². The van der Waals surface area contributed by atoms with Crippen LogP contribution in [-0.4, -0.2) is 51.2 Å². The molecule has 0 unspecified atom stereocenters. The van der Waals surface area contributed by atoms with E-state index in [0.29, 0.717) is 11.5 Å². The van der Waals surface area contributed by atoms with Crippen molar-refractivity contribution in [3.8, 4) is 11.4 Å². The van der Waals surface area contributed by atoms with E-state index in [1.807, 2.05) is 6.92 Å². The van der Waals surface area contributed by atoms with Crippen molar-refractivity contribution in [3.05, 3.63) is 34.6 Å². The lowest BCUT2D eigenvalue weighted by atomic mass is 10.1.